The van der Waals surface area contributed by atoms with Gasteiger partial charge in [0, 0.05) is 19.1 Å². The first-order valence-electron chi connectivity index (χ1n) is 8.18. The third-order valence-corrected chi connectivity index (χ3v) is 5.08. The average molecular weight is 267 g/mol. The second-order valence-corrected chi connectivity index (χ2v) is 6.46. The molecule has 2 rings (SSSR count). The van der Waals surface area contributed by atoms with Crippen LogP contribution in [0.1, 0.15) is 64.2 Å². The largest absolute Gasteiger partial charge is 0.396 e. The third kappa shape index (κ3) is 4.79. The van der Waals surface area contributed by atoms with Crippen molar-refractivity contribution in [3.8, 4) is 0 Å². The summed E-state index contributed by atoms with van der Waals surface area (Å²) in [5, 5.41) is 12.1. The molecule has 2 aliphatic rings. The lowest BCUT2D eigenvalue weighted by Crippen LogP contribution is -2.34. The van der Waals surface area contributed by atoms with E-state index in [1.165, 1.54) is 32.1 Å². The smallest absolute Gasteiger partial charge is 0.223 e. The Bertz CT molecular complexity index is 266. The van der Waals surface area contributed by atoms with Gasteiger partial charge < -0.3 is 10.4 Å². The Morgan fingerprint density at radius 2 is 1.58 bits per heavy atom. The van der Waals surface area contributed by atoms with Gasteiger partial charge in [0.1, 0.15) is 0 Å². The van der Waals surface area contributed by atoms with E-state index >= 15 is 0 Å². The summed E-state index contributed by atoms with van der Waals surface area (Å²) in [6, 6.07) is 0. The van der Waals surface area contributed by atoms with Crippen molar-refractivity contribution in [2.24, 2.45) is 17.8 Å². The summed E-state index contributed by atoms with van der Waals surface area (Å²) < 4.78 is 0. The first-order chi connectivity index (χ1) is 9.29. The van der Waals surface area contributed by atoms with Gasteiger partial charge >= 0.3 is 0 Å². The number of carbonyl (C=O) groups excluding carboxylic acids is 1. The number of rotatable bonds is 6. The quantitative estimate of drug-likeness (QED) is 0.777. The van der Waals surface area contributed by atoms with Crippen LogP contribution in [0.5, 0.6) is 0 Å². The normalized spacial score (nSPS) is 28.5. The summed E-state index contributed by atoms with van der Waals surface area (Å²) in [6.07, 6.45) is 11.8. The highest BCUT2D eigenvalue weighted by atomic mass is 16.3. The second kappa shape index (κ2) is 7.88. The molecule has 2 fully saturated rings. The number of hydrogen-bond donors (Lipinski definition) is 2. The molecule has 1 amide bonds. The van der Waals surface area contributed by atoms with Crippen molar-refractivity contribution in [3.63, 3.8) is 0 Å². The average Bonchev–Trinajstić information content (AvgIpc) is 2.93. The third-order valence-electron chi connectivity index (χ3n) is 5.08. The van der Waals surface area contributed by atoms with Gasteiger partial charge in [-0.1, -0.05) is 25.7 Å². The van der Waals surface area contributed by atoms with Crippen LogP contribution in [0.2, 0.25) is 0 Å². The van der Waals surface area contributed by atoms with Gasteiger partial charge in [-0.3, -0.25) is 4.79 Å². The molecule has 0 atom stereocenters. The Labute approximate surface area is 117 Å². The van der Waals surface area contributed by atoms with E-state index in [4.69, 9.17) is 5.11 Å². The zero-order valence-corrected chi connectivity index (χ0v) is 12.1. The van der Waals surface area contributed by atoms with Crippen LogP contribution in [0.25, 0.3) is 0 Å². The fourth-order valence-corrected chi connectivity index (χ4v) is 3.74. The van der Waals surface area contributed by atoms with Crippen LogP contribution in [-0.4, -0.2) is 24.2 Å². The first-order valence-corrected chi connectivity index (χ1v) is 8.18. The molecule has 0 heterocycles. The molecule has 3 heteroatoms. The zero-order valence-electron chi connectivity index (χ0n) is 12.1. The van der Waals surface area contributed by atoms with Crippen molar-refractivity contribution >= 4 is 5.91 Å². The minimum atomic E-state index is 0.235. The van der Waals surface area contributed by atoms with Crippen LogP contribution in [0.15, 0.2) is 0 Å². The number of nitrogens with one attached hydrogen (secondary N) is 1. The van der Waals surface area contributed by atoms with E-state index < -0.39 is 0 Å². The molecule has 0 unspecified atom stereocenters. The predicted molar refractivity (Wildman–Crippen MR) is 76.7 cm³/mol. The fourth-order valence-electron chi connectivity index (χ4n) is 3.74. The highest BCUT2D eigenvalue weighted by Crippen LogP contribution is 2.31. The molecule has 19 heavy (non-hydrogen) atoms. The first kappa shape index (κ1) is 14.8. The zero-order chi connectivity index (χ0) is 13.5. The molecule has 0 radical (unpaired) electrons. The minimum absolute atomic E-state index is 0.235. The van der Waals surface area contributed by atoms with Gasteiger partial charge in [-0.25, -0.2) is 0 Å². The highest BCUT2D eigenvalue weighted by Gasteiger charge is 2.25. The minimum Gasteiger partial charge on any atom is -0.396 e. The summed E-state index contributed by atoms with van der Waals surface area (Å²) in [7, 11) is 0. The van der Waals surface area contributed by atoms with Crippen LogP contribution < -0.4 is 5.32 Å². The van der Waals surface area contributed by atoms with Gasteiger partial charge in [-0.05, 0) is 50.4 Å². The molecule has 0 aromatic heterocycles. The molecule has 0 bridgehead atoms. The van der Waals surface area contributed by atoms with E-state index in [2.05, 4.69) is 5.32 Å². The van der Waals surface area contributed by atoms with E-state index in [1.807, 2.05) is 0 Å². The van der Waals surface area contributed by atoms with Crippen LogP contribution in [0.4, 0.5) is 0 Å². The van der Waals surface area contributed by atoms with E-state index in [0.29, 0.717) is 12.5 Å². The molecule has 3 nitrogen and oxygen atoms in total. The lowest BCUT2D eigenvalue weighted by molar-refractivity contribution is -0.126. The summed E-state index contributed by atoms with van der Waals surface area (Å²) in [5.74, 6) is 2.02. The maximum absolute atomic E-state index is 12.1. The number of aliphatic hydroxyl groups excluding tert-OH is 1. The Morgan fingerprint density at radius 3 is 2.21 bits per heavy atom. The van der Waals surface area contributed by atoms with Crippen molar-refractivity contribution in [2.45, 2.75) is 64.2 Å². The maximum Gasteiger partial charge on any atom is 0.223 e. The van der Waals surface area contributed by atoms with Crippen LogP contribution >= 0.6 is 0 Å². The molecule has 0 aliphatic heterocycles. The summed E-state index contributed by atoms with van der Waals surface area (Å²) in [4.78, 5) is 12.1. The molecular formula is C16H29NO2. The maximum atomic E-state index is 12.1. The lowest BCUT2D eigenvalue weighted by atomic mass is 9.80. The van der Waals surface area contributed by atoms with E-state index in [-0.39, 0.29) is 11.8 Å². The number of hydrogen-bond acceptors (Lipinski definition) is 2. The Kier molecular flexibility index (Phi) is 6.15. The van der Waals surface area contributed by atoms with Crippen molar-refractivity contribution in [3.05, 3.63) is 0 Å². The van der Waals surface area contributed by atoms with Crippen molar-refractivity contribution < 1.29 is 9.90 Å². The topological polar surface area (TPSA) is 49.3 Å². The number of carbonyl (C=O) groups is 1. The molecule has 2 aliphatic carbocycles. The molecule has 2 N–H and O–H groups in total. The van der Waals surface area contributed by atoms with Crippen LogP contribution in [0, 0.1) is 17.8 Å². The molecule has 0 aromatic carbocycles. The van der Waals surface area contributed by atoms with Gasteiger partial charge in [0.15, 0.2) is 0 Å². The van der Waals surface area contributed by atoms with Gasteiger partial charge in [0.05, 0.1) is 0 Å². The summed E-state index contributed by atoms with van der Waals surface area (Å²) in [5.41, 5.74) is 0. The SMILES string of the molecule is O=C(NCCC1CCCC1)C1CCC(CCO)CC1. The molecular weight excluding hydrogens is 238 g/mol. The van der Waals surface area contributed by atoms with E-state index in [1.54, 1.807) is 0 Å². The Balaban J connectivity index is 1.58. The number of amides is 1. The molecule has 0 aromatic rings. The van der Waals surface area contributed by atoms with Gasteiger partial charge in [-0.15, -0.1) is 0 Å². The Morgan fingerprint density at radius 1 is 0.947 bits per heavy atom. The van der Waals surface area contributed by atoms with Crippen molar-refractivity contribution in [2.75, 3.05) is 13.2 Å². The molecule has 2 saturated carbocycles. The van der Waals surface area contributed by atoms with Crippen molar-refractivity contribution in [1.82, 2.24) is 5.32 Å². The van der Waals surface area contributed by atoms with Gasteiger partial charge in [0.2, 0.25) is 5.91 Å². The molecule has 110 valence electrons. The van der Waals surface area contributed by atoms with E-state index in [9.17, 15) is 4.79 Å². The summed E-state index contributed by atoms with van der Waals surface area (Å²) >= 11 is 0. The van der Waals surface area contributed by atoms with Crippen LogP contribution in [-0.2, 0) is 4.79 Å². The molecule has 0 spiro atoms. The second-order valence-electron chi connectivity index (χ2n) is 6.46. The number of aliphatic hydroxyl groups is 1. The summed E-state index contributed by atoms with van der Waals surface area (Å²) in [6.45, 7) is 1.17. The Hall–Kier alpha value is -0.570. The predicted octanol–water partition coefficient (Wildman–Crippen LogP) is 2.87. The highest BCUT2D eigenvalue weighted by molar-refractivity contribution is 5.78. The van der Waals surface area contributed by atoms with Gasteiger partial charge in [-0.2, -0.15) is 0 Å². The monoisotopic (exact) mass is 267 g/mol. The molecule has 0 saturated heterocycles. The van der Waals surface area contributed by atoms with Gasteiger partial charge in [0.25, 0.3) is 0 Å². The fraction of sp³-hybridized carbons (Fsp3) is 0.938. The van der Waals surface area contributed by atoms with E-state index in [0.717, 1.165) is 44.6 Å². The van der Waals surface area contributed by atoms with Crippen molar-refractivity contribution in [1.29, 1.82) is 0 Å². The van der Waals surface area contributed by atoms with Crippen LogP contribution in [0.3, 0.4) is 0 Å². The lowest BCUT2D eigenvalue weighted by Gasteiger charge is -2.27. The standard InChI is InChI=1S/C16H29NO2/c18-12-10-14-5-7-15(8-6-14)16(19)17-11-9-13-3-1-2-4-13/h13-15,18H,1-12H2,(H,17,19).